The van der Waals surface area contributed by atoms with Crippen molar-refractivity contribution in [1.29, 1.82) is 0 Å². The number of carboxylic acids is 2. The molecule has 180 valence electrons. The Hall–Kier alpha value is -4.98. The summed E-state index contributed by atoms with van der Waals surface area (Å²) in [5, 5.41) is 25.1. The van der Waals surface area contributed by atoms with E-state index in [9.17, 15) is 19.8 Å². The molecule has 0 bridgehead atoms. The lowest BCUT2D eigenvalue weighted by molar-refractivity contribution is -0.132. The normalized spacial score (nSPS) is 15.0. The molecule has 1 aliphatic rings. The van der Waals surface area contributed by atoms with Crippen molar-refractivity contribution in [2.24, 2.45) is 9.98 Å². The second kappa shape index (κ2) is 10.5. The Morgan fingerprint density at radius 1 is 0.778 bits per heavy atom. The first-order valence-corrected chi connectivity index (χ1v) is 11.1. The van der Waals surface area contributed by atoms with Crippen molar-refractivity contribution in [2.75, 3.05) is 17.7 Å². The zero-order valence-electron chi connectivity index (χ0n) is 19.7. The lowest BCUT2D eigenvalue weighted by Crippen LogP contribution is -2.15. The zero-order valence-corrected chi connectivity index (χ0v) is 19.7. The van der Waals surface area contributed by atoms with Crippen LogP contribution in [0.5, 0.6) is 0 Å². The molecule has 0 aliphatic heterocycles. The molecular weight excluding hydrogens is 456 g/mol. The van der Waals surface area contributed by atoms with Gasteiger partial charge in [-0.15, -0.1) is 0 Å². The molecule has 0 unspecified atom stereocenters. The number of benzene rings is 3. The summed E-state index contributed by atoms with van der Waals surface area (Å²) < 4.78 is 0. The highest BCUT2D eigenvalue weighted by Gasteiger charge is 2.18. The monoisotopic (exact) mass is 480 g/mol. The fraction of sp³-hybridized carbons (Fsp3) is 0.0714. The van der Waals surface area contributed by atoms with Crippen molar-refractivity contribution >= 4 is 51.8 Å². The van der Waals surface area contributed by atoms with Gasteiger partial charge in [0.2, 0.25) is 0 Å². The summed E-state index contributed by atoms with van der Waals surface area (Å²) in [5.41, 5.74) is 5.36. The van der Waals surface area contributed by atoms with E-state index in [0.29, 0.717) is 28.5 Å². The van der Waals surface area contributed by atoms with Gasteiger partial charge in [0.15, 0.2) is 0 Å². The maximum Gasteiger partial charge on any atom is 0.337 e. The number of hydrogen-bond acceptors (Lipinski definition) is 6. The number of hydrogen-bond donors (Lipinski definition) is 4. The molecule has 0 saturated carbocycles. The summed E-state index contributed by atoms with van der Waals surface area (Å²) in [6, 6.07) is 19.7. The van der Waals surface area contributed by atoms with Crippen LogP contribution in [0.15, 0.2) is 101 Å². The van der Waals surface area contributed by atoms with Gasteiger partial charge in [-0.3, -0.25) is 0 Å². The Morgan fingerprint density at radius 2 is 1.42 bits per heavy atom. The van der Waals surface area contributed by atoms with Crippen LogP contribution in [0, 0.1) is 6.92 Å². The van der Waals surface area contributed by atoms with Crippen LogP contribution in [-0.2, 0) is 4.79 Å². The van der Waals surface area contributed by atoms with Gasteiger partial charge in [0.1, 0.15) is 0 Å². The average molecular weight is 481 g/mol. The third-order valence-corrected chi connectivity index (χ3v) is 5.43. The van der Waals surface area contributed by atoms with E-state index in [1.54, 1.807) is 61.7 Å². The maximum absolute atomic E-state index is 11.9. The zero-order chi connectivity index (χ0) is 25.7. The van der Waals surface area contributed by atoms with Crippen LogP contribution in [0.2, 0.25) is 0 Å². The number of aliphatic imine (C=N–C) groups is 2. The summed E-state index contributed by atoms with van der Waals surface area (Å²) in [4.78, 5) is 32.4. The summed E-state index contributed by atoms with van der Waals surface area (Å²) in [7, 11) is 1.67. The predicted molar refractivity (Wildman–Crippen MR) is 143 cm³/mol. The number of aromatic carboxylic acids is 1. The maximum atomic E-state index is 11.9. The minimum absolute atomic E-state index is 0.0522. The fourth-order valence-corrected chi connectivity index (χ4v) is 3.57. The highest BCUT2D eigenvalue weighted by molar-refractivity contribution is 6.32. The summed E-state index contributed by atoms with van der Waals surface area (Å²) in [5.74, 6) is -2.11. The molecular formula is C28H24N4O4. The molecule has 3 aromatic rings. The Labute approximate surface area is 208 Å². The first kappa shape index (κ1) is 24.2. The number of aryl methyl sites for hydroxylation is 1. The summed E-state index contributed by atoms with van der Waals surface area (Å²) >= 11 is 0. The lowest BCUT2D eigenvalue weighted by atomic mass is 10.0. The number of nitrogens with zero attached hydrogens (tertiary/aromatic N) is 2. The lowest BCUT2D eigenvalue weighted by Gasteiger charge is -2.11. The number of rotatable bonds is 7. The number of allylic oxidation sites excluding steroid dienone is 3. The van der Waals surface area contributed by atoms with E-state index in [1.807, 2.05) is 31.2 Å². The topological polar surface area (TPSA) is 123 Å². The molecule has 8 nitrogen and oxygen atoms in total. The van der Waals surface area contributed by atoms with Gasteiger partial charge < -0.3 is 20.8 Å². The van der Waals surface area contributed by atoms with E-state index in [0.717, 1.165) is 16.9 Å². The third-order valence-electron chi connectivity index (χ3n) is 5.43. The van der Waals surface area contributed by atoms with Crippen LogP contribution in [0.1, 0.15) is 15.9 Å². The predicted octanol–water partition coefficient (Wildman–Crippen LogP) is 5.90. The van der Waals surface area contributed by atoms with Crippen LogP contribution in [0.3, 0.4) is 0 Å². The van der Waals surface area contributed by atoms with Gasteiger partial charge in [0.25, 0.3) is 0 Å². The molecule has 4 N–H and O–H groups in total. The van der Waals surface area contributed by atoms with Crippen LogP contribution in [-0.4, -0.2) is 40.6 Å². The van der Waals surface area contributed by atoms with Gasteiger partial charge in [-0.05, 0) is 79.7 Å². The Balaban J connectivity index is 1.53. The van der Waals surface area contributed by atoms with E-state index in [2.05, 4.69) is 20.6 Å². The number of anilines is 3. The molecule has 1 aliphatic carbocycles. The molecule has 8 heteroatoms. The first-order valence-electron chi connectivity index (χ1n) is 11.1. The average Bonchev–Trinajstić information content (AvgIpc) is 2.87. The van der Waals surface area contributed by atoms with Crippen molar-refractivity contribution in [1.82, 2.24) is 0 Å². The molecule has 4 rings (SSSR count). The molecule has 0 amide bonds. The first-order chi connectivity index (χ1) is 17.3. The molecule has 0 radical (unpaired) electrons. The Kier molecular flexibility index (Phi) is 7.06. The van der Waals surface area contributed by atoms with Crippen LogP contribution >= 0.6 is 0 Å². The fourth-order valence-electron chi connectivity index (χ4n) is 3.57. The second-order valence-corrected chi connectivity index (χ2v) is 8.05. The van der Waals surface area contributed by atoms with Gasteiger partial charge >= 0.3 is 11.9 Å². The molecule has 0 fully saturated rings. The molecule has 0 atom stereocenters. The Bertz CT molecular complexity index is 1430. The van der Waals surface area contributed by atoms with Crippen molar-refractivity contribution in [3.63, 3.8) is 0 Å². The van der Waals surface area contributed by atoms with Crippen molar-refractivity contribution in [2.45, 2.75) is 6.92 Å². The molecule has 0 saturated heterocycles. The standard InChI is InChI=1S/C28H24N4O4/c1-17-3-5-18(6-4-17)30-22-12-14-26(24(16-22)28(35)36)32-20-9-7-19(8-10-20)31-21-11-13-25(29-2)23(15-21)27(33)34/h3-16,29,31H,1-2H3,(H,33,34)(H,35,36). The van der Waals surface area contributed by atoms with Gasteiger partial charge in [-0.2, -0.15) is 0 Å². The largest absolute Gasteiger partial charge is 0.478 e. The number of nitrogens with one attached hydrogen (secondary N) is 2. The second-order valence-electron chi connectivity index (χ2n) is 8.05. The Morgan fingerprint density at radius 3 is 2.06 bits per heavy atom. The van der Waals surface area contributed by atoms with Gasteiger partial charge in [0, 0.05) is 24.1 Å². The minimum atomic E-state index is -1.09. The summed E-state index contributed by atoms with van der Waals surface area (Å²) in [6.45, 7) is 1.99. The van der Waals surface area contributed by atoms with Crippen molar-refractivity contribution < 1.29 is 19.8 Å². The van der Waals surface area contributed by atoms with E-state index in [-0.39, 0.29) is 11.1 Å². The minimum Gasteiger partial charge on any atom is -0.478 e. The smallest absolute Gasteiger partial charge is 0.337 e. The summed E-state index contributed by atoms with van der Waals surface area (Å²) in [6.07, 6.45) is 4.88. The molecule has 0 aromatic heterocycles. The van der Waals surface area contributed by atoms with E-state index in [4.69, 9.17) is 0 Å². The van der Waals surface area contributed by atoms with Crippen LogP contribution < -0.4 is 10.6 Å². The SMILES string of the molecule is CNc1ccc(Nc2ccc(N=C3C=CC(=Nc4ccc(C)cc4)C=C3C(=O)O)cc2)cc1C(=O)O. The molecule has 0 spiro atoms. The van der Waals surface area contributed by atoms with Crippen molar-refractivity contribution in [3.8, 4) is 0 Å². The molecule has 0 heterocycles. The van der Waals surface area contributed by atoms with Gasteiger partial charge in [-0.1, -0.05) is 17.7 Å². The highest BCUT2D eigenvalue weighted by Crippen LogP contribution is 2.26. The van der Waals surface area contributed by atoms with Crippen LogP contribution in [0.25, 0.3) is 0 Å². The number of carbonyl (C=O) groups is 2. The van der Waals surface area contributed by atoms with Gasteiger partial charge in [-0.25, -0.2) is 19.6 Å². The van der Waals surface area contributed by atoms with E-state index >= 15 is 0 Å². The highest BCUT2D eigenvalue weighted by atomic mass is 16.4. The van der Waals surface area contributed by atoms with E-state index in [1.165, 1.54) is 6.08 Å². The van der Waals surface area contributed by atoms with Crippen molar-refractivity contribution in [3.05, 3.63) is 102 Å². The molecule has 3 aromatic carbocycles. The number of carboxylic acid groups (broad SMARTS) is 2. The van der Waals surface area contributed by atoms with Crippen LogP contribution in [0.4, 0.5) is 28.4 Å². The van der Waals surface area contributed by atoms with E-state index < -0.39 is 11.9 Å². The van der Waals surface area contributed by atoms with Gasteiger partial charge in [0.05, 0.1) is 33.9 Å². The molecule has 36 heavy (non-hydrogen) atoms. The quantitative estimate of drug-likeness (QED) is 0.312. The third kappa shape index (κ3) is 5.74. The number of aliphatic carboxylic acids is 1.